The molecule has 0 radical (unpaired) electrons. The van der Waals surface area contributed by atoms with Gasteiger partial charge in [-0.3, -0.25) is 4.98 Å². The molecular formula is C16H20N2O2. The first-order valence-electron chi connectivity index (χ1n) is 6.77. The van der Waals surface area contributed by atoms with Gasteiger partial charge in [0.2, 0.25) is 0 Å². The zero-order valence-corrected chi connectivity index (χ0v) is 11.9. The van der Waals surface area contributed by atoms with Crippen molar-refractivity contribution >= 4 is 0 Å². The van der Waals surface area contributed by atoms with Gasteiger partial charge in [-0.25, -0.2) is 0 Å². The van der Waals surface area contributed by atoms with Crippen LogP contribution in [0, 0.1) is 6.92 Å². The molecular weight excluding hydrogens is 252 g/mol. The molecule has 0 spiro atoms. The van der Waals surface area contributed by atoms with E-state index < -0.39 is 0 Å². The van der Waals surface area contributed by atoms with Crippen molar-refractivity contribution < 1.29 is 9.84 Å². The summed E-state index contributed by atoms with van der Waals surface area (Å²) in [4.78, 5) is 4.44. The number of pyridine rings is 1. The summed E-state index contributed by atoms with van der Waals surface area (Å²) in [6.07, 6.45) is 0. The first-order valence-corrected chi connectivity index (χ1v) is 6.77. The summed E-state index contributed by atoms with van der Waals surface area (Å²) in [6, 6.07) is 11.4. The second-order valence-electron chi connectivity index (χ2n) is 4.61. The smallest absolute Gasteiger partial charge is 0.161 e. The van der Waals surface area contributed by atoms with Crippen molar-refractivity contribution in [3.63, 3.8) is 0 Å². The van der Waals surface area contributed by atoms with E-state index in [1.165, 1.54) is 0 Å². The lowest BCUT2D eigenvalue weighted by molar-refractivity contribution is 0.317. The van der Waals surface area contributed by atoms with Crippen molar-refractivity contribution in [1.29, 1.82) is 0 Å². The molecule has 0 saturated heterocycles. The maximum Gasteiger partial charge on any atom is 0.161 e. The molecule has 0 aliphatic heterocycles. The molecule has 2 N–H and O–H groups in total. The Morgan fingerprint density at radius 2 is 2.05 bits per heavy atom. The maximum absolute atomic E-state index is 9.64. The summed E-state index contributed by atoms with van der Waals surface area (Å²) in [5.74, 6) is 0.705. The van der Waals surface area contributed by atoms with Crippen LogP contribution in [0.3, 0.4) is 0 Å². The normalized spacial score (nSPS) is 10.5. The van der Waals surface area contributed by atoms with Gasteiger partial charge in [-0.2, -0.15) is 0 Å². The second kappa shape index (κ2) is 6.91. The van der Waals surface area contributed by atoms with Gasteiger partial charge in [-0.05, 0) is 43.7 Å². The lowest BCUT2D eigenvalue weighted by Crippen LogP contribution is -2.14. The van der Waals surface area contributed by atoms with Gasteiger partial charge < -0.3 is 15.2 Å². The standard InChI is InChI=1S/C16H20N2O2/c1-3-20-16-9-13(7-8-15(16)19)10-17-11-14-6-4-5-12(2)18-14/h4-9,17,19H,3,10-11H2,1-2H3. The number of benzene rings is 1. The summed E-state index contributed by atoms with van der Waals surface area (Å²) in [7, 11) is 0. The van der Waals surface area contributed by atoms with Gasteiger partial charge in [0.1, 0.15) is 0 Å². The van der Waals surface area contributed by atoms with Crippen molar-refractivity contribution in [1.82, 2.24) is 10.3 Å². The molecule has 4 nitrogen and oxygen atoms in total. The number of phenols is 1. The van der Waals surface area contributed by atoms with Crippen LogP contribution in [-0.2, 0) is 13.1 Å². The van der Waals surface area contributed by atoms with E-state index in [0.717, 1.165) is 17.0 Å². The summed E-state index contributed by atoms with van der Waals surface area (Å²) in [5.41, 5.74) is 3.11. The minimum Gasteiger partial charge on any atom is -0.504 e. The second-order valence-corrected chi connectivity index (χ2v) is 4.61. The number of rotatable bonds is 6. The molecule has 0 aliphatic carbocycles. The molecule has 20 heavy (non-hydrogen) atoms. The van der Waals surface area contributed by atoms with Gasteiger partial charge in [0, 0.05) is 18.8 Å². The highest BCUT2D eigenvalue weighted by molar-refractivity contribution is 5.41. The van der Waals surface area contributed by atoms with Crippen LogP contribution < -0.4 is 10.1 Å². The molecule has 2 rings (SSSR count). The van der Waals surface area contributed by atoms with E-state index in [9.17, 15) is 5.11 Å². The van der Waals surface area contributed by atoms with Crippen LogP contribution in [0.25, 0.3) is 0 Å². The fraction of sp³-hybridized carbons (Fsp3) is 0.312. The molecule has 0 fully saturated rings. The first kappa shape index (κ1) is 14.3. The van der Waals surface area contributed by atoms with Crippen molar-refractivity contribution in [2.24, 2.45) is 0 Å². The van der Waals surface area contributed by atoms with Gasteiger partial charge >= 0.3 is 0 Å². The third kappa shape index (κ3) is 3.96. The summed E-state index contributed by atoms with van der Waals surface area (Å²) < 4.78 is 5.37. The molecule has 0 aliphatic rings. The van der Waals surface area contributed by atoms with E-state index in [4.69, 9.17) is 4.74 Å². The molecule has 0 saturated carbocycles. The number of phenolic OH excluding ortho intramolecular Hbond substituents is 1. The Kier molecular flexibility index (Phi) is 4.96. The Labute approximate surface area is 119 Å². The topological polar surface area (TPSA) is 54.4 Å². The van der Waals surface area contributed by atoms with Gasteiger partial charge in [-0.1, -0.05) is 12.1 Å². The van der Waals surface area contributed by atoms with Gasteiger partial charge in [0.05, 0.1) is 12.3 Å². The number of aromatic nitrogens is 1. The SMILES string of the molecule is CCOc1cc(CNCc2cccc(C)n2)ccc1O. The first-order chi connectivity index (χ1) is 9.69. The van der Waals surface area contributed by atoms with Gasteiger partial charge in [-0.15, -0.1) is 0 Å². The summed E-state index contributed by atoms with van der Waals surface area (Å²) >= 11 is 0. The Balaban J connectivity index is 1.92. The maximum atomic E-state index is 9.64. The van der Waals surface area contributed by atoms with E-state index in [2.05, 4.69) is 10.3 Å². The molecule has 1 aromatic carbocycles. The van der Waals surface area contributed by atoms with E-state index in [1.54, 1.807) is 6.07 Å². The average molecular weight is 272 g/mol. The monoisotopic (exact) mass is 272 g/mol. The Hall–Kier alpha value is -2.07. The number of nitrogens with zero attached hydrogens (tertiary/aromatic N) is 1. The van der Waals surface area contributed by atoms with Gasteiger partial charge in [0.15, 0.2) is 11.5 Å². The largest absolute Gasteiger partial charge is 0.504 e. The van der Waals surface area contributed by atoms with E-state index in [0.29, 0.717) is 25.4 Å². The Bertz CT molecular complexity index is 570. The lowest BCUT2D eigenvalue weighted by Gasteiger charge is -2.09. The summed E-state index contributed by atoms with van der Waals surface area (Å²) in [5, 5.41) is 13.0. The molecule has 0 atom stereocenters. The van der Waals surface area contributed by atoms with Crippen LogP contribution in [0.4, 0.5) is 0 Å². The predicted octanol–water partition coefficient (Wildman–Crippen LogP) is 2.78. The highest BCUT2D eigenvalue weighted by Crippen LogP contribution is 2.26. The molecule has 4 heteroatoms. The quantitative estimate of drug-likeness (QED) is 0.849. The fourth-order valence-electron chi connectivity index (χ4n) is 1.97. The lowest BCUT2D eigenvalue weighted by atomic mass is 10.2. The average Bonchev–Trinajstić information content (AvgIpc) is 2.43. The van der Waals surface area contributed by atoms with Crippen molar-refractivity contribution in [3.8, 4) is 11.5 Å². The minimum absolute atomic E-state index is 0.177. The number of ether oxygens (including phenoxy) is 1. The Morgan fingerprint density at radius 1 is 1.20 bits per heavy atom. The van der Waals surface area contributed by atoms with Crippen LogP contribution in [0.5, 0.6) is 11.5 Å². The zero-order valence-electron chi connectivity index (χ0n) is 11.9. The third-order valence-electron chi connectivity index (χ3n) is 2.91. The number of aromatic hydroxyl groups is 1. The highest BCUT2D eigenvalue weighted by Gasteiger charge is 2.03. The van der Waals surface area contributed by atoms with Crippen LogP contribution in [0.1, 0.15) is 23.9 Å². The van der Waals surface area contributed by atoms with Crippen LogP contribution in [0.2, 0.25) is 0 Å². The molecule has 106 valence electrons. The van der Waals surface area contributed by atoms with Crippen molar-refractivity contribution in [2.45, 2.75) is 26.9 Å². The minimum atomic E-state index is 0.177. The number of hydrogen-bond acceptors (Lipinski definition) is 4. The number of aryl methyl sites for hydroxylation is 1. The predicted molar refractivity (Wildman–Crippen MR) is 78.8 cm³/mol. The van der Waals surface area contributed by atoms with Crippen molar-refractivity contribution in [3.05, 3.63) is 53.3 Å². The van der Waals surface area contributed by atoms with Crippen LogP contribution >= 0.6 is 0 Å². The molecule has 2 aromatic rings. The van der Waals surface area contributed by atoms with Gasteiger partial charge in [0.25, 0.3) is 0 Å². The number of hydrogen-bond donors (Lipinski definition) is 2. The van der Waals surface area contributed by atoms with E-state index in [-0.39, 0.29) is 5.75 Å². The zero-order chi connectivity index (χ0) is 14.4. The van der Waals surface area contributed by atoms with Crippen LogP contribution in [0.15, 0.2) is 36.4 Å². The molecule has 0 amide bonds. The van der Waals surface area contributed by atoms with Crippen molar-refractivity contribution in [2.75, 3.05) is 6.61 Å². The highest BCUT2D eigenvalue weighted by atomic mass is 16.5. The molecule has 0 bridgehead atoms. The Morgan fingerprint density at radius 3 is 2.80 bits per heavy atom. The molecule has 0 unspecified atom stereocenters. The fourth-order valence-corrected chi connectivity index (χ4v) is 1.97. The molecule has 1 aromatic heterocycles. The van der Waals surface area contributed by atoms with E-state index in [1.807, 2.05) is 44.2 Å². The van der Waals surface area contributed by atoms with E-state index >= 15 is 0 Å². The third-order valence-corrected chi connectivity index (χ3v) is 2.91. The number of nitrogens with one attached hydrogen (secondary N) is 1. The van der Waals surface area contributed by atoms with Crippen LogP contribution in [-0.4, -0.2) is 16.7 Å². The molecule has 1 heterocycles. The summed E-state index contributed by atoms with van der Waals surface area (Å²) in [6.45, 7) is 5.84.